The average molecular weight is 603 g/mol. The summed E-state index contributed by atoms with van der Waals surface area (Å²) >= 11 is 0. The number of carbonyl (C=O) groups is 4. The number of phenolic OH excluding ortho intramolecular Hbond substituents is 1. The number of unbranched alkanes of at least 4 members (excludes halogenated alkanes) is 1. The van der Waals surface area contributed by atoms with Gasteiger partial charge >= 0.3 is 5.97 Å². The Morgan fingerprint density at radius 3 is 2.09 bits per heavy atom. The molecule has 14 N–H and O–H groups in total. The van der Waals surface area contributed by atoms with E-state index in [1.165, 1.54) is 24.7 Å². The normalized spacial score (nSPS) is 13.6. The molecule has 0 saturated carbocycles. The number of imidazole rings is 1. The number of aromatic hydroxyl groups is 1. The molecule has 1 aromatic heterocycles. The zero-order valence-electron chi connectivity index (χ0n) is 23.9. The zero-order valence-corrected chi connectivity index (χ0v) is 23.9. The Morgan fingerprint density at radius 1 is 0.884 bits per heavy atom. The van der Waals surface area contributed by atoms with Gasteiger partial charge in [0, 0.05) is 31.3 Å². The van der Waals surface area contributed by atoms with E-state index in [0.29, 0.717) is 37.1 Å². The molecule has 4 atom stereocenters. The maximum atomic E-state index is 13.6. The molecular weight excluding hydrogens is 560 g/mol. The van der Waals surface area contributed by atoms with Gasteiger partial charge in [-0.1, -0.05) is 12.1 Å². The number of aromatic nitrogens is 2. The minimum Gasteiger partial charge on any atom is -0.508 e. The van der Waals surface area contributed by atoms with Crippen LogP contribution in [0.25, 0.3) is 0 Å². The molecule has 4 unspecified atom stereocenters. The second-order valence-electron chi connectivity index (χ2n) is 10.0. The number of aliphatic carboxylic acids is 1. The molecule has 43 heavy (non-hydrogen) atoms. The molecular formula is C27H42N10O6. The van der Waals surface area contributed by atoms with Crippen LogP contribution in [0.5, 0.6) is 5.75 Å². The molecule has 0 aliphatic rings. The molecule has 1 heterocycles. The van der Waals surface area contributed by atoms with Crippen molar-refractivity contribution >= 4 is 29.7 Å². The van der Waals surface area contributed by atoms with Crippen molar-refractivity contribution in [1.29, 1.82) is 0 Å². The van der Waals surface area contributed by atoms with Gasteiger partial charge in [-0.3, -0.25) is 19.4 Å². The number of aliphatic imine (C=N–C) groups is 1. The van der Waals surface area contributed by atoms with Crippen LogP contribution >= 0.6 is 0 Å². The summed E-state index contributed by atoms with van der Waals surface area (Å²) < 4.78 is 0. The van der Waals surface area contributed by atoms with Crippen LogP contribution in [0.15, 0.2) is 41.8 Å². The van der Waals surface area contributed by atoms with Crippen LogP contribution < -0.4 is 38.9 Å². The number of nitrogens with two attached hydrogens (primary N) is 4. The smallest absolute Gasteiger partial charge is 0.326 e. The number of guanidine groups is 1. The molecule has 0 aliphatic carbocycles. The molecule has 0 bridgehead atoms. The molecule has 0 fully saturated rings. The van der Waals surface area contributed by atoms with Gasteiger partial charge in [-0.25, -0.2) is 9.78 Å². The van der Waals surface area contributed by atoms with Crippen molar-refractivity contribution in [2.24, 2.45) is 27.9 Å². The lowest BCUT2D eigenvalue weighted by Crippen LogP contribution is -2.58. The molecule has 236 valence electrons. The molecule has 3 amide bonds. The van der Waals surface area contributed by atoms with Crippen molar-refractivity contribution in [1.82, 2.24) is 25.9 Å². The number of carboxylic acids is 1. The third-order valence-electron chi connectivity index (χ3n) is 6.49. The lowest BCUT2D eigenvalue weighted by atomic mass is 10.0. The van der Waals surface area contributed by atoms with E-state index in [4.69, 9.17) is 22.9 Å². The van der Waals surface area contributed by atoms with Crippen molar-refractivity contribution in [2.45, 2.75) is 69.1 Å². The van der Waals surface area contributed by atoms with Crippen LogP contribution in [0.1, 0.15) is 43.4 Å². The highest BCUT2D eigenvalue weighted by Gasteiger charge is 2.31. The Hall–Kier alpha value is -4.70. The number of phenols is 1. The van der Waals surface area contributed by atoms with Crippen molar-refractivity contribution in [2.75, 3.05) is 13.1 Å². The van der Waals surface area contributed by atoms with E-state index in [2.05, 4.69) is 30.9 Å². The largest absolute Gasteiger partial charge is 0.508 e. The van der Waals surface area contributed by atoms with Crippen LogP contribution in [0.3, 0.4) is 0 Å². The second-order valence-corrected chi connectivity index (χ2v) is 10.0. The van der Waals surface area contributed by atoms with E-state index in [9.17, 15) is 29.4 Å². The quantitative estimate of drug-likeness (QED) is 0.0474. The van der Waals surface area contributed by atoms with Crippen LogP contribution in [0.2, 0.25) is 0 Å². The van der Waals surface area contributed by atoms with E-state index in [1.54, 1.807) is 12.1 Å². The van der Waals surface area contributed by atoms with Gasteiger partial charge < -0.3 is 54.1 Å². The number of nitrogens with one attached hydrogen (secondary N) is 4. The summed E-state index contributed by atoms with van der Waals surface area (Å²) in [4.78, 5) is 62.3. The SMILES string of the molecule is NCCCCC(NC(=O)C(Cc1ccc(O)cc1)NC(=O)C(Cc1cnc[nH]1)NC(=O)C(N)CCCN=C(N)N)C(=O)O. The highest BCUT2D eigenvalue weighted by atomic mass is 16.4. The first-order chi connectivity index (χ1) is 20.5. The fraction of sp³-hybridized carbons (Fsp3) is 0.481. The van der Waals surface area contributed by atoms with Crippen LogP contribution in [-0.4, -0.2) is 87.1 Å². The third-order valence-corrected chi connectivity index (χ3v) is 6.49. The van der Waals surface area contributed by atoms with E-state index in [0.717, 1.165) is 0 Å². The number of H-pyrrole nitrogens is 1. The summed E-state index contributed by atoms with van der Waals surface area (Å²) in [5, 5.41) is 27.1. The molecule has 1 aromatic carbocycles. The van der Waals surface area contributed by atoms with Gasteiger partial charge in [-0.05, 0) is 56.3 Å². The van der Waals surface area contributed by atoms with Gasteiger partial charge in [0.15, 0.2) is 5.96 Å². The third kappa shape index (κ3) is 12.8. The summed E-state index contributed by atoms with van der Waals surface area (Å²) in [6.45, 7) is 0.655. The summed E-state index contributed by atoms with van der Waals surface area (Å²) in [7, 11) is 0. The van der Waals surface area contributed by atoms with Crippen molar-refractivity contribution < 1.29 is 29.4 Å². The Balaban J connectivity index is 2.23. The predicted octanol–water partition coefficient (Wildman–Crippen LogP) is -2.05. The van der Waals surface area contributed by atoms with Crippen LogP contribution in [0.4, 0.5) is 0 Å². The number of rotatable bonds is 19. The Labute approximate surface area is 249 Å². The number of amides is 3. The summed E-state index contributed by atoms with van der Waals surface area (Å²) in [5.74, 6) is -3.33. The van der Waals surface area contributed by atoms with Crippen LogP contribution in [-0.2, 0) is 32.0 Å². The van der Waals surface area contributed by atoms with E-state index >= 15 is 0 Å². The number of hydrogen-bond acceptors (Lipinski definition) is 9. The van der Waals surface area contributed by atoms with E-state index < -0.39 is 47.9 Å². The number of nitrogens with zero attached hydrogens (tertiary/aromatic N) is 2. The Kier molecular flexibility index (Phi) is 14.4. The summed E-state index contributed by atoms with van der Waals surface area (Å²) in [6.07, 6.45) is 4.76. The minimum absolute atomic E-state index is 0.00266. The predicted molar refractivity (Wildman–Crippen MR) is 158 cm³/mol. The molecule has 2 rings (SSSR count). The molecule has 0 radical (unpaired) electrons. The molecule has 16 nitrogen and oxygen atoms in total. The number of carboxylic acid groups (broad SMARTS) is 1. The fourth-order valence-electron chi connectivity index (χ4n) is 4.13. The highest BCUT2D eigenvalue weighted by molar-refractivity contribution is 5.94. The van der Waals surface area contributed by atoms with Gasteiger partial charge in [0.1, 0.15) is 23.9 Å². The molecule has 2 aromatic rings. The first-order valence-electron chi connectivity index (χ1n) is 13.9. The van der Waals surface area contributed by atoms with Crippen molar-refractivity contribution in [3.63, 3.8) is 0 Å². The second kappa shape index (κ2) is 18.0. The lowest BCUT2D eigenvalue weighted by molar-refractivity contribution is -0.142. The number of aromatic amines is 1. The van der Waals surface area contributed by atoms with Gasteiger partial charge in [0.25, 0.3) is 0 Å². The topological polar surface area (TPSA) is 290 Å². The van der Waals surface area contributed by atoms with Gasteiger partial charge in [0.2, 0.25) is 17.7 Å². The first kappa shape index (κ1) is 34.5. The standard InChI is InChI=1S/C27H42N10O6/c28-10-2-1-5-20(26(42)43)35-24(40)21(12-16-6-8-18(38)9-7-16)37-25(41)22(13-17-14-32-15-34-17)36-23(39)19(29)4-3-11-33-27(30)31/h6-9,14-15,19-22,38H,1-5,10-13,28-29H2,(H,32,34)(H,35,40)(H,36,39)(H,37,41)(H,42,43)(H4,30,31,33). The maximum Gasteiger partial charge on any atom is 0.326 e. The molecule has 0 aliphatic heterocycles. The van der Waals surface area contributed by atoms with Crippen molar-refractivity contribution in [3.05, 3.63) is 48.0 Å². The molecule has 16 heteroatoms. The maximum absolute atomic E-state index is 13.6. The molecule has 0 spiro atoms. The van der Waals surface area contributed by atoms with Gasteiger partial charge in [-0.15, -0.1) is 0 Å². The average Bonchev–Trinajstić information content (AvgIpc) is 3.48. The summed E-state index contributed by atoms with van der Waals surface area (Å²) in [5.41, 5.74) is 23.3. The minimum atomic E-state index is -1.22. The molecule has 0 saturated heterocycles. The van der Waals surface area contributed by atoms with E-state index in [1.807, 2.05) is 0 Å². The van der Waals surface area contributed by atoms with Crippen molar-refractivity contribution in [3.8, 4) is 5.75 Å². The van der Waals surface area contributed by atoms with Gasteiger partial charge in [0.05, 0.1) is 12.4 Å². The summed E-state index contributed by atoms with van der Waals surface area (Å²) in [6, 6.07) is 1.45. The van der Waals surface area contributed by atoms with Gasteiger partial charge in [-0.2, -0.15) is 0 Å². The zero-order chi connectivity index (χ0) is 31.8. The van der Waals surface area contributed by atoms with E-state index in [-0.39, 0.29) is 43.9 Å². The monoisotopic (exact) mass is 602 g/mol. The number of benzene rings is 1. The fourth-order valence-corrected chi connectivity index (χ4v) is 4.13. The lowest BCUT2D eigenvalue weighted by Gasteiger charge is -2.25. The van der Waals surface area contributed by atoms with Crippen LogP contribution in [0, 0.1) is 0 Å². The Morgan fingerprint density at radius 2 is 1.51 bits per heavy atom. The number of hydrogen-bond donors (Lipinski definition) is 10. The highest BCUT2D eigenvalue weighted by Crippen LogP contribution is 2.13. The Bertz CT molecular complexity index is 1200. The first-order valence-corrected chi connectivity index (χ1v) is 13.9. The number of carbonyl (C=O) groups excluding carboxylic acids is 3.